The molecular weight excluding hydrogens is 351 g/mol. The Morgan fingerprint density at radius 3 is 2.75 bits per heavy atom. The van der Waals surface area contributed by atoms with Crippen molar-refractivity contribution in [1.29, 1.82) is 0 Å². The summed E-state index contributed by atoms with van der Waals surface area (Å²) in [7, 11) is 0. The van der Waals surface area contributed by atoms with Crippen LogP contribution in [0, 0.1) is 5.82 Å². The number of ether oxygens (including phenoxy) is 1. The summed E-state index contributed by atoms with van der Waals surface area (Å²) in [6, 6.07) is 13.3. The fourth-order valence-corrected chi connectivity index (χ4v) is 3.07. The fourth-order valence-electron chi connectivity index (χ4n) is 2.20. The second-order valence-electron chi connectivity index (χ2n) is 4.97. The molecule has 2 aromatic carbocycles. The minimum Gasteiger partial charge on any atom is -0.486 e. The Labute approximate surface area is 145 Å². The molecule has 0 saturated heterocycles. The molecule has 2 aromatic heterocycles. The smallest absolute Gasteiger partial charge is 0.235 e. The Morgan fingerprint density at radius 2 is 1.96 bits per heavy atom. The van der Waals surface area contributed by atoms with Gasteiger partial charge in [0.25, 0.3) is 0 Å². The second kappa shape index (κ2) is 6.18. The van der Waals surface area contributed by atoms with Crippen LogP contribution in [-0.4, -0.2) is 19.8 Å². The van der Waals surface area contributed by atoms with Crippen LogP contribution in [0.3, 0.4) is 0 Å². The van der Waals surface area contributed by atoms with Gasteiger partial charge in [0.1, 0.15) is 18.2 Å². The first-order chi connectivity index (χ1) is 11.7. The highest BCUT2D eigenvalue weighted by atomic mass is 35.5. The summed E-state index contributed by atoms with van der Waals surface area (Å²) in [6.45, 7) is 0.304. The normalized spacial score (nSPS) is 11.1. The number of nitrogens with zero attached hydrogens (tertiary/aromatic N) is 4. The Kier molecular flexibility index (Phi) is 3.87. The third kappa shape index (κ3) is 2.95. The van der Waals surface area contributed by atoms with Gasteiger partial charge in [0.2, 0.25) is 4.96 Å². The zero-order valence-electron chi connectivity index (χ0n) is 12.2. The van der Waals surface area contributed by atoms with Gasteiger partial charge in [-0.25, -0.2) is 4.39 Å². The van der Waals surface area contributed by atoms with Crippen molar-refractivity contribution in [3.63, 3.8) is 0 Å². The molecular formula is C16H10ClFN4OS. The minimum absolute atomic E-state index is 0.304. The molecule has 0 aliphatic heterocycles. The van der Waals surface area contributed by atoms with Crippen molar-refractivity contribution in [1.82, 2.24) is 19.8 Å². The maximum atomic E-state index is 13.4. The van der Waals surface area contributed by atoms with Crippen molar-refractivity contribution >= 4 is 27.9 Å². The van der Waals surface area contributed by atoms with Gasteiger partial charge in [-0.1, -0.05) is 35.1 Å². The minimum atomic E-state index is -0.328. The van der Waals surface area contributed by atoms with Gasteiger partial charge in [0.15, 0.2) is 10.8 Å². The van der Waals surface area contributed by atoms with E-state index in [1.807, 2.05) is 0 Å². The molecule has 0 bridgehead atoms. The molecule has 2 heterocycles. The van der Waals surface area contributed by atoms with Gasteiger partial charge >= 0.3 is 0 Å². The summed E-state index contributed by atoms with van der Waals surface area (Å²) < 4.78 is 20.7. The molecule has 5 nitrogen and oxygen atoms in total. The fraction of sp³-hybridized carbons (Fsp3) is 0.0625. The SMILES string of the molecule is Fc1cccc(-c2nnc3sc(COc4ccc(Cl)cc4)nn23)c1. The predicted octanol–water partition coefficient (Wildman–Crippen LogP) is 4.22. The van der Waals surface area contributed by atoms with Gasteiger partial charge in [-0.15, -0.1) is 10.2 Å². The van der Waals surface area contributed by atoms with Crippen molar-refractivity contribution in [3.8, 4) is 17.1 Å². The maximum absolute atomic E-state index is 13.4. The maximum Gasteiger partial charge on any atom is 0.235 e. The number of hydrogen-bond acceptors (Lipinski definition) is 5. The van der Waals surface area contributed by atoms with E-state index in [0.717, 1.165) is 5.01 Å². The van der Waals surface area contributed by atoms with Crippen LogP contribution in [0.1, 0.15) is 5.01 Å². The van der Waals surface area contributed by atoms with Gasteiger partial charge < -0.3 is 4.74 Å². The van der Waals surface area contributed by atoms with Crippen LogP contribution in [0.15, 0.2) is 48.5 Å². The van der Waals surface area contributed by atoms with Gasteiger partial charge in [0, 0.05) is 10.6 Å². The van der Waals surface area contributed by atoms with E-state index in [1.54, 1.807) is 40.9 Å². The zero-order valence-corrected chi connectivity index (χ0v) is 13.8. The van der Waals surface area contributed by atoms with E-state index < -0.39 is 0 Å². The first-order valence-corrected chi connectivity index (χ1v) is 8.24. The van der Waals surface area contributed by atoms with Crippen LogP contribution >= 0.6 is 22.9 Å². The molecule has 0 aliphatic rings. The summed E-state index contributed by atoms with van der Waals surface area (Å²) in [5, 5.41) is 14.0. The van der Waals surface area contributed by atoms with E-state index in [-0.39, 0.29) is 5.82 Å². The van der Waals surface area contributed by atoms with E-state index in [2.05, 4.69) is 15.3 Å². The number of hydrogen-bond donors (Lipinski definition) is 0. The van der Waals surface area contributed by atoms with Gasteiger partial charge in [0.05, 0.1) is 0 Å². The lowest BCUT2D eigenvalue weighted by Gasteiger charge is -2.03. The van der Waals surface area contributed by atoms with Crippen molar-refractivity contribution in [2.45, 2.75) is 6.61 Å². The molecule has 4 aromatic rings. The van der Waals surface area contributed by atoms with Crippen LogP contribution in [0.25, 0.3) is 16.3 Å². The standard InChI is InChI=1S/C16H10ClFN4OS/c17-11-4-6-13(7-5-11)23-9-14-21-22-15(19-20-16(22)24-14)10-2-1-3-12(18)8-10/h1-8H,9H2. The largest absolute Gasteiger partial charge is 0.486 e. The summed E-state index contributed by atoms with van der Waals surface area (Å²) in [5.41, 5.74) is 0.623. The molecule has 24 heavy (non-hydrogen) atoms. The third-order valence-electron chi connectivity index (χ3n) is 3.29. The molecule has 0 atom stereocenters. The quantitative estimate of drug-likeness (QED) is 0.546. The Morgan fingerprint density at radius 1 is 1.12 bits per heavy atom. The highest BCUT2D eigenvalue weighted by Gasteiger charge is 2.14. The first-order valence-electron chi connectivity index (χ1n) is 7.04. The molecule has 0 saturated carbocycles. The molecule has 0 unspecified atom stereocenters. The van der Waals surface area contributed by atoms with Crippen molar-refractivity contribution < 1.29 is 9.13 Å². The number of benzene rings is 2. The first kappa shape index (κ1) is 15.0. The summed E-state index contributed by atoms with van der Waals surface area (Å²) >= 11 is 7.22. The topological polar surface area (TPSA) is 52.3 Å². The number of rotatable bonds is 4. The average Bonchev–Trinajstić information content (AvgIpc) is 3.14. The van der Waals surface area contributed by atoms with Gasteiger partial charge in [-0.2, -0.15) is 9.61 Å². The highest BCUT2D eigenvalue weighted by molar-refractivity contribution is 7.16. The molecule has 0 fully saturated rings. The van der Waals surface area contributed by atoms with E-state index >= 15 is 0 Å². The molecule has 4 rings (SSSR count). The van der Waals surface area contributed by atoms with E-state index in [0.29, 0.717) is 33.7 Å². The zero-order chi connectivity index (χ0) is 16.5. The van der Waals surface area contributed by atoms with E-state index in [4.69, 9.17) is 16.3 Å². The summed E-state index contributed by atoms with van der Waals surface area (Å²) in [5.74, 6) is 0.875. The average molecular weight is 361 g/mol. The highest BCUT2D eigenvalue weighted by Crippen LogP contribution is 2.23. The van der Waals surface area contributed by atoms with Crippen LogP contribution in [0.4, 0.5) is 4.39 Å². The molecule has 8 heteroatoms. The Bertz CT molecular complexity index is 999. The lowest BCUT2D eigenvalue weighted by Crippen LogP contribution is -1.97. The Balaban J connectivity index is 1.59. The van der Waals surface area contributed by atoms with Crippen LogP contribution in [-0.2, 0) is 6.61 Å². The third-order valence-corrected chi connectivity index (χ3v) is 4.42. The lowest BCUT2D eigenvalue weighted by molar-refractivity contribution is 0.304. The van der Waals surface area contributed by atoms with Crippen LogP contribution < -0.4 is 4.74 Å². The second-order valence-corrected chi connectivity index (χ2v) is 6.44. The number of aromatic nitrogens is 4. The lowest BCUT2D eigenvalue weighted by atomic mass is 10.2. The summed E-state index contributed by atoms with van der Waals surface area (Å²) in [6.07, 6.45) is 0. The molecule has 0 aliphatic carbocycles. The number of halogens is 2. The number of fused-ring (bicyclic) bond motifs is 1. The molecule has 0 N–H and O–H groups in total. The molecule has 0 spiro atoms. The van der Waals surface area contributed by atoms with E-state index in [9.17, 15) is 4.39 Å². The predicted molar refractivity (Wildman–Crippen MR) is 89.8 cm³/mol. The molecule has 0 amide bonds. The Hall–Kier alpha value is -2.51. The van der Waals surface area contributed by atoms with Crippen molar-refractivity contribution in [3.05, 3.63) is 64.4 Å². The summed E-state index contributed by atoms with van der Waals surface area (Å²) in [4.78, 5) is 0.629. The van der Waals surface area contributed by atoms with Crippen LogP contribution in [0.2, 0.25) is 5.02 Å². The molecule has 0 radical (unpaired) electrons. The van der Waals surface area contributed by atoms with Gasteiger partial charge in [-0.3, -0.25) is 0 Å². The van der Waals surface area contributed by atoms with Crippen LogP contribution in [0.5, 0.6) is 5.75 Å². The molecule has 120 valence electrons. The van der Waals surface area contributed by atoms with E-state index in [1.165, 1.54) is 23.5 Å². The van der Waals surface area contributed by atoms with Crippen molar-refractivity contribution in [2.75, 3.05) is 0 Å². The van der Waals surface area contributed by atoms with Gasteiger partial charge in [-0.05, 0) is 36.4 Å². The monoisotopic (exact) mass is 360 g/mol. The van der Waals surface area contributed by atoms with Crippen molar-refractivity contribution in [2.24, 2.45) is 0 Å².